The number of alkyl halides is 15. The summed E-state index contributed by atoms with van der Waals surface area (Å²) in [6.07, 6.45) is 6.70. The minimum atomic E-state index is -1.04. The Hall–Kier alpha value is 4.35. The highest BCUT2D eigenvalue weighted by atomic mass is 35.6. The molecular formula is C12H19Cl15. The molecule has 0 aliphatic carbocycles. The van der Waals surface area contributed by atoms with E-state index in [-0.39, 0.29) is 0 Å². The van der Waals surface area contributed by atoms with Crippen LogP contribution in [0, 0.1) is 0 Å². The maximum absolute atomic E-state index is 5.58. The quantitative estimate of drug-likeness (QED) is 0.198. The molecule has 15 heteroatoms. The Morgan fingerprint density at radius 2 is 0.704 bits per heavy atom. The Balaban J connectivity index is -0.0000000841. The maximum Gasteiger partial charge on any atom is 0.190 e. The number of unbranched alkanes of at least 4 members (excludes halogenated alkanes) is 4. The van der Waals surface area contributed by atoms with E-state index in [4.69, 9.17) is 174 Å². The molecule has 0 aliphatic heterocycles. The predicted octanol–water partition coefficient (Wildman–Crippen LogP) is 12.7. The van der Waals surface area contributed by atoms with Gasteiger partial charge in [-0.25, -0.2) is 0 Å². The van der Waals surface area contributed by atoms with Crippen LogP contribution in [0.1, 0.15) is 45.4 Å². The topological polar surface area (TPSA) is 0 Å². The van der Waals surface area contributed by atoms with Gasteiger partial charge in [0.15, 0.2) is 21.0 Å². The van der Waals surface area contributed by atoms with Crippen LogP contribution in [0.5, 0.6) is 0 Å². The van der Waals surface area contributed by atoms with Crippen molar-refractivity contribution in [3.05, 3.63) is 0 Å². The van der Waals surface area contributed by atoms with Crippen LogP contribution in [0.4, 0.5) is 0 Å². The monoisotopic (exact) mass is 688 g/mol. The summed E-state index contributed by atoms with van der Waals surface area (Å²) >= 11 is 74.4. The Kier molecular flexibility index (Phi) is 50.1. The van der Waals surface area contributed by atoms with Gasteiger partial charge in [-0.1, -0.05) is 207 Å². The normalized spacial score (nSPS) is 10.2. The fraction of sp³-hybridized carbons (Fsp3) is 1.00. The average Bonchev–Trinajstić information content (AvgIpc) is 2.34. The summed E-state index contributed by atoms with van der Waals surface area (Å²) in [6, 6.07) is 0. The van der Waals surface area contributed by atoms with E-state index in [2.05, 4.69) is 6.92 Å². The van der Waals surface area contributed by atoms with Crippen molar-refractivity contribution in [3.8, 4) is 0 Å². The molecule has 0 heterocycles. The van der Waals surface area contributed by atoms with Crippen LogP contribution < -0.4 is 0 Å². The smallest absolute Gasteiger partial charge is 0.0874 e. The summed E-state index contributed by atoms with van der Waals surface area (Å²) in [4.78, 5) is 0. The van der Waals surface area contributed by atoms with Crippen LogP contribution in [-0.2, 0) is 0 Å². The molecule has 0 bridgehead atoms. The van der Waals surface area contributed by atoms with Crippen molar-refractivity contribution in [2.75, 3.05) is 0 Å². The Morgan fingerprint density at radius 1 is 0.481 bits per heavy atom. The van der Waals surface area contributed by atoms with Gasteiger partial charge < -0.3 is 0 Å². The Bertz CT molecular complexity index is 194. The van der Waals surface area contributed by atoms with Crippen LogP contribution in [0.25, 0.3) is 0 Å². The van der Waals surface area contributed by atoms with E-state index in [1.54, 1.807) is 0 Å². The molecule has 0 rings (SSSR count). The second-order valence-electron chi connectivity index (χ2n) is 3.77. The van der Waals surface area contributed by atoms with Gasteiger partial charge in [-0.2, -0.15) is 0 Å². The molecule has 0 atom stereocenters. The lowest BCUT2D eigenvalue weighted by Gasteiger charge is -2.09. The molecule has 0 amide bonds. The third-order valence-electron chi connectivity index (χ3n) is 1.56. The van der Waals surface area contributed by atoms with E-state index >= 15 is 0 Å². The first-order valence-corrected chi connectivity index (χ1v) is 13.1. The molecule has 27 heavy (non-hydrogen) atoms. The number of hydrogen-bond donors (Lipinski definition) is 0. The molecule has 0 nitrogen and oxygen atoms in total. The molecule has 0 unspecified atom stereocenters. The van der Waals surface area contributed by atoms with E-state index < -0.39 is 21.0 Å². The highest BCUT2D eigenvalue weighted by molar-refractivity contribution is 6.67. The third-order valence-corrected chi connectivity index (χ3v) is 2.13. The first kappa shape index (κ1) is 41.6. The van der Waals surface area contributed by atoms with Gasteiger partial charge in [0.1, 0.15) is 0 Å². The van der Waals surface area contributed by atoms with Gasteiger partial charge >= 0.3 is 0 Å². The average molecular weight is 695 g/mol. The summed E-state index contributed by atoms with van der Waals surface area (Å²) in [6.45, 7) is 2.19. The van der Waals surface area contributed by atoms with Gasteiger partial charge in [0.05, 0.1) is 0 Å². The van der Waals surface area contributed by atoms with Gasteiger partial charge in [-0.3, -0.25) is 0 Å². The van der Waals surface area contributed by atoms with Crippen LogP contribution in [0.15, 0.2) is 0 Å². The van der Waals surface area contributed by atoms with Crippen molar-refractivity contribution in [3.63, 3.8) is 0 Å². The van der Waals surface area contributed by atoms with Crippen LogP contribution >= 0.6 is 174 Å². The molecule has 0 aromatic carbocycles. The molecular weight excluding hydrogens is 676 g/mol. The minimum absolute atomic E-state index is 0.682. The highest BCUT2D eigenvalue weighted by Gasteiger charge is 2.17. The summed E-state index contributed by atoms with van der Waals surface area (Å²) in [5.41, 5.74) is 0. The van der Waals surface area contributed by atoms with Crippen molar-refractivity contribution >= 4 is 174 Å². The Morgan fingerprint density at radius 3 is 0.889 bits per heavy atom. The fourth-order valence-electron chi connectivity index (χ4n) is 0.929. The summed E-state index contributed by atoms with van der Waals surface area (Å²) in [5, 5.41) is 0. The molecule has 0 spiro atoms. The zero-order valence-corrected chi connectivity index (χ0v) is 25.1. The lowest BCUT2D eigenvalue weighted by Crippen LogP contribution is -2.00. The first-order valence-electron chi connectivity index (χ1n) is 6.75. The molecule has 0 aliphatic rings. The van der Waals surface area contributed by atoms with Crippen molar-refractivity contribution in [2.24, 2.45) is 0 Å². The highest BCUT2D eigenvalue weighted by Crippen LogP contribution is 2.32. The predicted molar refractivity (Wildman–Crippen MR) is 139 cm³/mol. The van der Waals surface area contributed by atoms with E-state index in [1.807, 2.05) is 0 Å². The second kappa shape index (κ2) is 32.5. The molecule has 0 aromatic heterocycles. The van der Waals surface area contributed by atoms with E-state index in [0.717, 1.165) is 6.42 Å². The Labute approximate surface area is 237 Å². The lowest BCUT2D eigenvalue weighted by molar-refractivity contribution is 0.612. The van der Waals surface area contributed by atoms with Gasteiger partial charge in [-0.05, 0) is 12.8 Å². The van der Waals surface area contributed by atoms with Crippen molar-refractivity contribution in [1.82, 2.24) is 0 Å². The molecule has 0 N–H and O–H groups in total. The van der Waals surface area contributed by atoms with Gasteiger partial charge in [0.2, 0.25) is 0 Å². The summed E-state index contributed by atoms with van der Waals surface area (Å²) in [5.74, 6) is 0. The number of halogens is 15. The van der Waals surface area contributed by atoms with Crippen LogP contribution in [-0.4, -0.2) is 21.0 Å². The SMILES string of the molecule is CCCCCCCC(Cl)(Cl)Cl.ClC(Cl)Cl.ClC(Cl)Cl.ClC(Cl)Cl.ClC(Cl)Cl. The van der Waals surface area contributed by atoms with Crippen molar-refractivity contribution in [2.45, 2.75) is 66.4 Å². The second-order valence-corrected chi connectivity index (χ2v) is 14.2. The molecule has 0 saturated carbocycles. The molecule has 0 aromatic rings. The summed E-state index contributed by atoms with van der Waals surface area (Å²) in [7, 11) is 0. The van der Waals surface area contributed by atoms with E-state index in [9.17, 15) is 0 Å². The van der Waals surface area contributed by atoms with Crippen LogP contribution in [0.2, 0.25) is 0 Å². The molecule has 0 radical (unpaired) electrons. The standard InChI is InChI=1S/C8H15Cl3.4CHCl3/c1-2-3-4-5-6-7-8(9,10)11;4*2-1(3)4/h2-7H2,1H3;4*1H. The zero-order chi connectivity index (χ0) is 23.1. The minimum Gasteiger partial charge on any atom is -0.0874 e. The third kappa shape index (κ3) is 160. The first-order chi connectivity index (χ1) is 12.0. The van der Waals surface area contributed by atoms with Gasteiger partial charge in [0, 0.05) is 0 Å². The fourth-order valence-corrected chi connectivity index (χ4v) is 1.33. The number of hydrogen-bond acceptors (Lipinski definition) is 0. The van der Waals surface area contributed by atoms with Crippen LogP contribution in [0.3, 0.4) is 0 Å². The largest absolute Gasteiger partial charge is 0.190 e. The number of rotatable bonds is 5. The van der Waals surface area contributed by atoms with Gasteiger partial charge in [-0.15, -0.1) is 0 Å². The maximum atomic E-state index is 5.58. The van der Waals surface area contributed by atoms with Crippen molar-refractivity contribution < 1.29 is 0 Å². The molecule has 172 valence electrons. The summed E-state index contributed by atoms with van der Waals surface area (Å²) < 4.78 is -4.04. The molecule has 0 saturated heterocycles. The van der Waals surface area contributed by atoms with Gasteiger partial charge in [0.25, 0.3) is 0 Å². The molecule has 0 fully saturated rings. The lowest BCUT2D eigenvalue weighted by atomic mass is 10.1. The van der Waals surface area contributed by atoms with E-state index in [0.29, 0.717) is 6.42 Å². The zero-order valence-electron chi connectivity index (χ0n) is 13.7. The van der Waals surface area contributed by atoms with Crippen molar-refractivity contribution in [1.29, 1.82) is 0 Å². The van der Waals surface area contributed by atoms with E-state index in [1.165, 1.54) is 25.7 Å².